The molecule has 0 aliphatic carbocycles. The Hall–Kier alpha value is -1.96. The Bertz CT molecular complexity index is 589. The summed E-state index contributed by atoms with van der Waals surface area (Å²) in [5.41, 5.74) is 0. The van der Waals surface area contributed by atoms with Crippen LogP contribution >= 0.6 is 11.3 Å². The fourth-order valence-electron chi connectivity index (χ4n) is 2.70. The summed E-state index contributed by atoms with van der Waals surface area (Å²) in [5, 5.41) is 7.84. The lowest BCUT2D eigenvalue weighted by molar-refractivity contribution is -0.135. The molecule has 25 heavy (non-hydrogen) atoms. The summed E-state index contributed by atoms with van der Waals surface area (Å²) in [4.78, 5) is 42.0. The van der Waals surface area contributed by atoms with E-state index < -0.39 is 0 Å². The van der Waals surface area contributed by atoms with Crippen molar-refractivity contribution in [1.29, 1.82) is 0 Å². The van der Waals surface area contributed by atoms with Gasteiger partial charge in [-0.1, -0.05) is 13.8 Å². The number of nitrogens with one attached hydrogen (secondary N) is 2. The van der Waals surface area contributed by atoms with Gasteiger partial charge in [-0.2, -0.15) is 0 Å². The van der Waals surface area contributed by atoms with Gasteiger partial charge < -0.3 is 15.5 Å². The molecule has 2 rings (SSSR count). The van der Waals surface area contributed by atoms with Crippen LogP contribution in [0.1, 0.15) is 39.5 Å². The highest BCUT2D eigenvalue weighted by Crippen LogP contribution is 2.19. The Labute approximate surface area is 152 Å². The quantitative estimate of drug-likeness (QED) is 0.771. The number of carbonyl (C=O) groups excluding carboxylic acids is 3. The Morgan fingerprint density at radius 1 is 1.40 bits per heavy atom. The van der Waals surface area contributed by atoms with E-state index in [1.54, 1.807) is 16.5 Å². The van der Waals surface area contributed by atoms with Crippen LogP contribution in [0.15, 0.2) is 11.6 Å². The highest BCUT2D eigenvalue weighted by molar-refractivity contribution is 7.13. The molecule has 1 saturated heterocycles. The lowest BCUT2D eigenvalue weighted by Gasteiger charge is -2.32. The van der Waals surface area contributed by atoms with Crippen molar-refractivity contribution in [3.05, 3.63) is 11.6 Å². The summed E-state index contributed by atoms with van der Waals surface area (Å²) in [6.07, 6.45) is 4.41. The molecule has 138 valence electrons. The van der Waals surface area contributed by atoms with E-state index in [0.29, 0.717) is 30.6 Å². The molecule has 7 nitrogen and oxygen atoms in total. The molecule has 1 aromatic heterocycles. The number of hydrogen-bond donors (Lipinski definition) is 2. The molecule has 1 unspecified atom stereocenters. The number of nitrogens with zero attached hydrogens (tertiary/aromatic N) is 2. The molecule has 8 heteroatoms. The van der Waals surface area contributed by atoms with Crippen LogP contribution in [-0.4, -0.2) is 47.2 Å². The first-order valence-electron chi connectivity index (χ1n) is 8.70. The van der Waals surface area contributed by atoms with Gasteiger partial charge in [-0.3, -0.25) is 14.4 Å². The van der Waals surface area contributed by atoms with E-state index in [1.165, 1.54) is 11.3 Å². The molecule has 0 spiro atoms. The van der Waals surface area contributed by atoms with Crippen LogP contribution in [0.25, 0.3) is 0 Å². The van der Waals surface area contributed by atoms with Crippen molar-refractivity contribution in [2.75, 3.05) is 25.0 Å². The highest BCUT2D eigenvalue weighted by atomic mass is 32.1. The molecule has 0 saturated carbocycles. The van der Waals surface area contributed by atoms with Gasteiger partial charge in [0.25, 0.3) is 0 Å². The number of likely N-dealkylation sites (tertiary alicyclic amines) is 1. The first kappa shape index (κ1) is 19.4. The summed E-state index contributed by atoms with van der Waals surface area (Å²) < 4.78 is 0. The van der Waals surface area contributed by atoms with Crippen molar-refractivity contribution < 1.29 is 14.4 Å². The molecule has 1 aliphatic heterocycles. The monoisotopic (exact) mass is 366 g/mol. The fourth-order valence-corrected chi connectivity index (χ4v) is 3.24. The molecular weight excluding hydrogens is 340 g/mol. The van der Waals surface area contributed by atoms with Gasteiger partial charge in [0.05, 0.1) is 12.5 Å². The third-order valence-corrected chi connectivity index (χ3v) is 4.88. The molecule has 1 aliphatic rings. The lowest BCUT2D eigenvalue weighted by atomic mass is 9.97. The standard InChI is InChI=1S/C17H26N4O3S/c1-12(2)5-6-14(22)19-10-15(23)21-8-3-4-13(11-21)16(24)20-17-18-7-9-25-17/h7,9,12-13H,3-6,8,10-11H2,1-2H3,(H,19,22)(H,18,20,24). The van der Waals surface area contributed by atoms with Gasteiger partial charge in [0.1, 0.15) is 0 Å². The Kier molecular flexibility index (Phi) is 7.36. The number of rotatable bonds is 7. The van der Waals surface area contributed by atoms with E-state index in [9.17, 15) is 14.4 Å². The molecule has 0 aromatic carbocycles. The molecule has 1 fully saturated rings. The topological polar surface area (TPSA) is 91.4 Å². The van der Waals surface area contributed by atoms with E-state index >= 15 is 0 Å². The average molecular weight is 366 g/mol. The van der Waals surface area contributed by atoms with Crippen molar-refractivity contribution in [1.82, 2.24) is 15.2 Å². The van der Waals surface area contributed by atoms with Gasteiger partial charge in [0.15, 0.2) is 5.13 Å². The third kappa shape index (κ3) is 6.45. The molecule has 0 radical (unpaired) electrons. The first-order chi connectivity index (χ1) is 12.0. The predicted molar refractivity (Wildman–Crippen MR) is 97.1 cm³/mol. The second kappa shape index (κ2) is 9.50. The second-order valence-corrected chi connectivity index (χ2v) is 7.61. The van der Waals surface area contributed by atoms with Gasteiger partial charge in [-0.25, -0.2) is 4.98 Å². The number of amides is 3. The predicted octanol–water partition coefficient (Wildman–Crippen LogP) is 1.87. The van der Waals surface area contributed by atoms with Crippen molar-refractivity contribution in [3.8, 4) is 0 Å². The number of piperidine rings is 1. The lowest BCUT2D eigenvalue weighted by Crippen LogP contribution is -2.47. The highest BCUT2D eigenvalue weighted by Gasteiger charge is 2.28. The maximum atomic E-state index is 12.3. The summed E-state index contributed by atoms with van der Waals surface area (Å²) in [5.74, 6) is -0.117. The van der Waals surface area contributed by atoms with Crippen LogP contribution in [0, 0.1) is 11.8 Å². The third-order valence-electron chi connectivity index (χ3n) is 4.19. The summed E-state index contributed by atoms with van der Waals surface area (Å²) in [7, 11) is 0. The van der Waals surface area contributed by atoms with E-state index in [1.807, 2.05) is 0 Å². The van der Waals surface area contributed by atoms with Gasteiger partial charge in [-0.05, 0) is 25.2 Å². The molecular formula is C17H26N4O3S. The summed E-state index contributed by atoms with van der Waals surface area (Å²) >= 11 is 1.37. The van der Waals surface area contributed by atoms with Crippen LogP contribution in [0.4, 0.5) is 5.13 Å². The zero-order chi connectivity index (χ0) is 18.2. The van der Waals surface area contributed by atoms with Crippen LogP contribution in [-0.2, 0) is 14.4 Å². The molecule has 0 bridgehead atoms. The smallest absolute Gasteiger partial charge is 0.241 e. The largest absolute Gasteiger partial charge is 0.347 e. The summed E-state index contributed by atoms with van der Waals surface area (Å²) in [6.45, 7) is 5.13. The van der Waals surface area contributed by atoms with Crippen molar-refractivity contribution in [2.24, 2.45) is 11.8 Å². The van der Waals surface area contributed by atoms with E-state index in [-0.39, 0.29) is 30.2 Å². The van der Waals surface area contributed by atoms with Gasteiger partial charge in [0.2, 0.25) is 17.7 Å². The molecule has 1 atom stereocenters. The maximum Gasteiger partial charge on any atom is 0.241 e. The number of anilines is 1. The molecule has 2 heterocycles. The van der Waals surface area contributed by atoms with Gasteiger partial charge >= 0.3 is 0 Å². The second-order valence-electron chi connectivity index (χ2n) is 6.71. The Balaban J connectivity index is 1.76. The Morgan fingerprint density at radius 3 is 2.88 bits per heavy atom. The van der Waals surface area contributed by atoms with Crippen molar-refractivity contribution >= 4 is 34.2 Å². The number of carbonyl (C=O) groups is 3. The average Bonchev–Trinajstić information content (AvgIpc) is 3.10. The minimum absolute atomic E-state index is 0.00223. The van der Waals surface area contributed by atoms with Crippen molar-refractivity contribution in [3.63, 3.8) is 0 Å². The van der Waals surface area contributed by atoms with E-state index in [4.69, 9.17) is 0 Å². The number of thiazole rings is 1. The number of aromatic nitrogens is 1. The zero-order valence-corrected chi connectivity index (χ0v) is 15.6. The first-order valence-corrected chi connectivity index (χ1v) is 9.58. The van der Waals surface area contributed by atoms with Gasteiger partial charge in [-0.15, -0.1) is 11.3 Å². The van der Waals surface area contributed by atoms with E-state index in [0.717, 1.165) is 19.3 Å². The summed E-state index contributed by atoms with van der Waals surface area (Å²) in [6, 6.07) is 0. The van der Waals surface area contributed by atoms with E-state index in [2.05, 4.69) is 29.5 Å². The molecule has 1 aromatic rings. The van der Waals surface area contributed by atoms with Crippen LogP contribution in [0.3, 0.4) is 0 Å². The zero-order valence-electron chi connectivity index (χ0n) is 14.8. The Morgan fingerprint density at radius 2 is 2.20 bits per heavy atom. The van der Waals surface area contributed by atoms with Crippen LogP contribution < -0.4 is 10.6 Å². The molecule has 3 amide bonds. The van der Waals surface area contributed by atoms with Crippen LogP contribution in [0.5, 0.6) is 0 Å². The van der Waals surface area contributed by atoms with Crippen LogP contribution in [0.2, 0.25) is 0 Å². The minimum atomic E-state index is -0.238. The number of hydrogen-bond acceptors (Lipinski definition) is 5. The normalized spacial score (nSPS) is 17.4. The maximum absolute atomic E-state index is 12.3. The minimum Gasteiger partial charge on any atom is -0.347 e. The fraction of sp³-hybridized carbons (Fsp3) is 0.647. The SMILES string of the molecule is CC(C)CCC(=O)NCC(=O)N1CCCC(C(=O)Nc2nccs2)C1. The van der Waals surface area contributed by atoms with Gasteiger partial charge in [0, 0.05) is 31.1 Å². The van der Waals surface area contributed by atoms with Crippen molar-refractivity contribution in [2.45, 2.75) is 39.5 Å². The molecule has 2 N–H and O–H groups in total.